The van der Waals surface area contributed by atoms with Gasteiger partial charge in [-0.05, 0) is 18.1 Å². The van der Waals surface area contributed by atoms with Gasteiger partial charge >= 0.3 is 0 Å². The number of hydrogen-bond acceptors (Lipinski definition) is 4. The maximum absolute atomic E-state index is 4.70. The second kappa shape index (κ2) is 6.81. The standard InChI is InChI=1S/C11H19NS3/c1-4-5-14-7-10-12-11(8(2)3)9(6-13)15-10/h8,13H,4-7H2,1-3H3. The Morgan fingerprint density at radius 1 is 1.47 bits per heavy atom. The van der Waals surface area contributed by atoms with E-state index in [1.165, 1.54) is 27.8 Å². The van der Waals surface area contributed by atoms with Gasteiger partial charge in [0.1, 0.15) is 5.01 Å². The van der Waals surface area contributed by atoms with Crippen LogP contribution in [0.4, 0.5) is 0 Å². The second-order valence-corrected chi connectivity index (χ2v) is 6.37. The predicted molar refractivity (Wildman–Crippen MR) is 75.3 cm³/mol. The van der Waals surface area contributed by atoms with E-state index in [1.54, 1.807) is 0 Å². The Labute approximate surface area is 106 Å². The molecule has 1 aromatic rings. The van der Waals surface area contributed by atoms with E-state index in [-0.39, 0.29) is 0 Å². The molecule has 0 bridgehead atoms. The molecule has 0 radical (unpaired) electrons. The molecule has 0 aliphatic carbocycles. The number of rotatable bonds is 6. The van der Waals surface area contributed by atoms with Gasteiger partial charge in [-0.2, -0.15) is 24.4 Å². The SMILES string of the molecule is CCCSCc1nc(C(C)C)c(CS)s1. The zero-order chi connectivity index (χ0) is 11.3. The highest BCUT2D eigenvalue weighted by Crippen LogP contribution is 2.28. The van der Waals surface area contributed by atoms with Gasteiger partial charge in [-0.15, -0.1) is 11.3 Å². The minimum absolute atomic E-state index is 0.522. The van der Waals surface area contributed by atoms with Gasteiger partial charge in [0, 0.05) is 16.4 Å². The third-order valence-electron chi connectivity index (χ3n) is 2.04. The van der Waals surface area contributed by atoms with E-state index in [0.717, 1.165) is 11.5 Å². The van der Waals surface area contributed by atoms with E-state index < -0.39 is 0 Å². The van der Waals surface area contributed by atoms with Crippen LogP contribution in [0.25, 0.3) is 0 Å². The van der Waals surface area contributed by atoms with Gasteiger partial charge < -0.3 is 0 Å². The molecule has 15 heavy (non-hydrogen) atoms. The zero-order valence-electron chi connectivity index (χ0n) is 9.62. The lowest BCUT2D eigenvalue weighted by atomic mass is 10.1. The van der Waals surface area contributed by atoms with Gasteiger partial charge in [-0.25, -0.2) is 4.98 Å². The summed E-state index contributed by atoms with van der Waals surface area (Å²) in [6, 6.07) is 0. The molecular weight excluding hydrogens is 242 g/mol. The molecule has 4 heteroatoms. The van der Waals surface area contributed by atoms with Crippen molar-refractivity contribution in [2.45, 2.75) is 44.6 Å². The van der Waals surface area contributed by atoms with Crippen LogP contribution in [0, 0.1) is 0 Å². The van der Waals surface area contributed by atoms with Crippen molar-refractivity contribution < 1.29 is 0 Å². The monoisotopic (exact) mass is 261 g/mol. The Morgan fingerprint density at radius 3 is 2.67 bits per heavy atom. The Balaban J connectivity index is 2.65. The Morgan fingerprint density at radius 2 is 2.20 bits per heavy atom. The van der Waals surface area contributed by atoms with Crippen LogP contribution in [0.2, 0.25) is 0 Å². The summed E-state index contributed by atoms with van der Waals surface area (Å²) < 4.78 is 0. The quantitative estimate of drug-likeness (QED) is 0.604. The molecule has 0 aromatic carbocycles. The van der Waals surface area contributed by atoms with Crippen LogP contribution in [0.1, 0.15) is 48.7 Å². The number of thioether (sulfide) groups is 1. The highest BCUT2D eigenvalue weighted by molar-refractivity contribution is 7.98. The molecule has 1 aromatic heterocycles. The van der Waals surface area contributed by atoms with Gasteiger partial charge in [0.15, 0.2) is 0 Å². The predicted octanol–water partition coefficient (Wildman–Crippen LogP) is 4.34. The largest absolute Gasteiger partial charge is 0.245 e. The van der Waals surface area contributed by atoms with Crippen molar-refractivity contribution in [3.8, 4) is 0 Å². The number of thiol groups is 1. The number of hydrogen-bond donors (Lipinski definition) is 1. The van der Waals surface area contributed by atoms with Crippen molar-refractivity contribution >= 4 is 35.7 Å². The summed E-state index contributed by atoms with van der Waals surface area (Å²) in [5.74, 6) is 3.64. The molecule has 0 atom stereocenters. The van der Waals surface area contributed by atoms with Crippen molar-refractivity contribution in [2.75, 3.05) is 5.75 Å². The van der Waals surface area contributed by atoms with E-state index in [4.69, 9.17) is 4.98 Å². The number of aromatic nitrogens is 1. The minimum atomic E-state index is 0.522. The number of nitrogens with zero attached hydrogens (tertiary/aromatic N) is 1. The Kier molecular flexibility index (Phi) is 6.09. The molecular formula is C11H19NS3. The molecule has 0 spiro atoms. The first kappa shape index (κ1) is 13.4. The summed E-state index contributed by atoms with van der Waals surface area (Å²) in [5, 5.41) is 1.27. The van der Waals surface area contributed by atoms with E-state index in [1.807, 2.05) is 23.1 Å². The minimum Gasteiger partial charge on any atom is -0.245 e. The summed E-state index contributed by atoms with van der Waals surface area (Å²) in [5.41, 5.74) is 1.25. The van der Waals surface area contributed by atoms with Crippen LogP contribution in [-0.2, 0) is 11.5 Å². The van der Waals surface area contributed by atoms with Crippen molar-refractivity contribution in [1.29, 1.82) is 0 Å². The summed E-state index contributed by atoms with van der Waals surface area (Å²) >= 11 is 8.16. The fraction of sp³-hybridized carbons (Fsp3) is 0.727. The van der Waals surface area contributed by atoms with Crippen LogP contribution in [0.15, 0.2) is 0 Å². The average Bonchev–Trinajstić information content (AvgIpc) is 2.62. The van der Waals surface area contributed by atoms with Gasteiger partial charge in [0.2, 0.25) is 0 Å². The molecule has 1 rings (SSSR count). The summed E-state index contributed by atoms with van der Waals surface area (Å²) in [6.45, 7) is 6.61. The van der Waals surface area contributed by atoms with E-state index in [0.29, 0.717) is 5.92 Å². The molecule has 1 nitrogen and oxygen atoms in total. The molecule has 0 unspecified atom stereocenters. The van der Waals surface area contributed by atoms with Crippen LogP contribution >= 0.6 is 35.7 Å². The summed E-state index contributed by atoms with van der Waals surface area (Å²) in [4.78, 5) is 6.05. The second-order valence-electron chi connectivity index (χ2n) is 3.78. The van der Waals surface area contributed by atoms with Crippen molar-refractivity contribution in [3.63, 3.8) is 0 Å². The fourth-order valence-corrected chi connectivity index (χ4v) is 3.74. The molecule has 0 aliphatic heterocycles. The molecule has 0 saturated carbocycles. The van der Waals surface area contributed by atoms with Gasteiger partial charge in [0.05, 0.1) is 5.69 Å². The van der Waals surface area contributed by atoms with Crippen LogP contribution in [0.5, 0.6) is 0 Å². The third kappa shape index (κ3) is 4.00. The topological polar surface area (TPSA) is 12.9 Å². The third-order valence-corrected chi connectivity index (χ3v) is 4.99. The molecule has 1 heterocycles. The maximum atomic E-state index is 4.70. The van der Waals surface area contributed by atoms with Crippen LogP contribution in [0.3, 0.4) is 0 Å². The lowest BCUT2D eigenvalue weighted by Crippen LogP contribution is -1.92. The first-order valence-electron chi connectivity index (χ1n) is 5.36. The zero-order valence-corrected chi connectivity index (χ0v) is 12.1. The molecule has 0 amide bonds. The number of thiazole rings is 1. The first-order valence-corrected chi connectivity index (χ1v) is 7.96. The Bertz CT molecular complexity index is 294. The molecule has 0 fully saturated rings. The molecule has 0 aliphatic rings. The van der Waals surface area contributed by atoms with Gasteiger partial charge in [-0.3, -0.25) is 0 Å². The summed E-state index contributed by atoms with van der Waals surface area (Å²) in [7, 11) is 0. The fourth-order valence-electron chi connectivity index (χ4n) is 1.34. The lowest BCUT2D eigenvalue weighted by Gasteiger charge is -2.01. The van der Waals surface area contributed by atoms with E-state index >= 15 is 0 Å². The molecule has 0 N–H and O–H groups in total. The van der Waals surface area contributed by atoms with Crippen LogP contribution in [-0.4, -0.2) is 10.7 Å². The molecule has 86 valence electrons. The van der Waals surface area contributed by atoms with Crippen molar-refractivity contribution in [2.24, 2.45) is 0 Å². The lowest BCUT2D eigenvalue weighted by molar-refractivity contribution is 0.819. The smallest absolute Gasteiger partial charge is 0.103 e. The van der Waals surface area contributed by atoms with Gasteiger partial charge in [0.25, 0.3) is 0 Å². The van der Waals surface area contributed by atoms with Gasteiger partial charge in [-0.1, -0.05) is 20.8 Å². The average molecular weight is 261 g/mol. The molecule has 0 saturated heterocycles. The highest BCUT2D eigenvalue weighted by atomic mass is 32.2. The normalized spacial score (nSPS) is 11.3. The van der Waals surface area contributed by atoms with E-state index in [2.05, 4.69) is 33.4 Å². The van der Waals surface area contributed by atoms with Crippen molar-refractivity contribution in [3.05, 3.63) is 15.6 Å². The summed E-state index contributed by atoms with van der Waals surface area (Å²) in [6.07, 6.45) is 1.24. The maximum Gasteiger partial charge on any atom is 0.103 e. The van der Waals surface area contributed by atoms with Crippen molar-refractivity contribution in [1.82, 2.24) is 4.98 Å². The highest BCUT2D eigenvalue weighted by Gasteiger charge is 2.12. The van der Waals surface area contributed by atoms with E-state index in [9.17, 15) is 0 Å². The Hall–Kier alpha value is 0.330. The van der Waals surface area contributed by atoms with Crippen LogP contribution < -0.4 is 0 Å². The first-order chi connectivity index (χ1) is 7.19.